The number of rotatable bonds is 0. The zero-order valence-corrected chi connectivity index (χ0v) is 8.65. The average Bonchev–Trinajstić information content (AvgIpc) is 2.37. The Balaban J connectivity index is 3.03. The van der Waals surface area contributed by atoms with Gasteiger partial charge in [-0.1, -0.05) is 0 Å². The normalized spacial score (nSPS) is 10.7. The lowest BCUT2D eigenvalue weighted by molar-refractivity contribution is -0.112. The number of halogens is 1. The SMILES string of the molecule is Cn1ccsc1=NC(=O)C#CBr. The molecule has 0 unspecified atom stereocenters. The maximum Gasteiger partial charge on any atom is 0.325 e. The van der Waals surface area contributed by atoms with Crippen LogP contribution in [0.1, 0.15) is 0 Å². The van der Waals surface area contributed by atoms with Gasteiger partial charge in [0, 0.05) is 40.5 Å². The molecule has 0 spiro atoms. The smallest absolute Gasteiger partial charge is 0.325 e. The van der Waals surface area contributed by atoms with E-state index in [0.29, 0.717) is 4.80 Å². The number of carbonyl (C=O) groups excluding carboxylic acids is 1. The third-order valence-corrected chi connectivity index (χ3v) is 2.16. The summed E-state index contributed by atoms with van der Waals surface area (Å²) in [6, 6.07) is 0. The van der Waals surface area contributed by atoms with E-state index in [1.807, 2.05) is 18.6 Å². The summed E-state index contributed by atoms with van der Waals surface area (Å²) < 4.78 is 1.76. The molecule has 0 saturated carbocycles. The molecule has 3 nitrogen and oxygen atoms in total. The van der Waals surface area contributed by atoms with Gasteiger partial charge < -0.3 is 4.57 Å². The van der Waals surface area contributed by atoms with Crippen molar-refractivity contribution in [1.29, 1.82) is 0 Å². The maximum absolute atomic E-state index is 10.9. The van der Waals surface area contributed by atoms with Crippen LogP contribution in [0.4, 0.5) is 0 Å². The zero-order chi connectivity index (χ0) is 8.97. The summed E-state index contributed by atoms with van der Waals surface area (Å²) in [6.45, 7) is 0. The molecule has 0 saturated heterocycles. The molecule has 5 heteroatoms. The summed E-state index contributed by atoms with van der Waals surface area (Å²) in [4.78, 5) is 17.6. The Morgan fingerprint density at radius 1 is 1.83 bits per heavy atom. The highest BCUT2D eigenvalue weighted by atomic mass is 79.9. The largest absolute Gasteiger partial charge is 0.327 e. The number of carbonyl (C=O) groups is 1. The second kappa shape index (κ2) is 4.24. The van der Waals surface area contributed by atoms with E-state index in [2.05, 4.69) is 31.7 Å². The highest BCUT2D eigenvalue weighted by Gasteiger charge is 1.92. The van der Waals surface area contributed by atoms with Crippen molar-refractivity contribution in [2.24, 2.45) is 12.0 Å². The molecule has 1 aromatic heterocycles. The summed E-state index contributed by atoms with van der Waals surface area (Å²) in [6.07, 6.45) is 1.83. The summed E-state index contributed by atoms with van der Waals surface area (Å²) in [7, 11) is 1.82. The lowest BCUT2D eigenvalue weighted by atomic mass is 10.7. The lowest BCUT2D eigenvalue weighted by Crippen LogP contribution is -2.11. The first-order chi connectivity index (χ1) is 5.74. The van der Waals surface area contributed by atoms with Crippen LogP contribution < -0.4 is 4.80 Å². The molecule has 62 valence electrons. The lowest BCUT2D eigenvalue weighted by Gasteiger charge is -1.85. The third-order valence-electron chi connectivity index (χ3n) is 1.11. The van der Waals surface area contributed by atoms with E-state index >= 15 is 0 Å². The van der Waals surface area contributed by atoms with Crippen molar-refractivity contribution >= 4 is 33.2 Å². The van der Waals surface area contributed by atoms with E-state index < -0.39 is 5.91 Å². The van der Waals surface area contributed by atoms with E-state index in [1.54, 1.807) is 4.57 Å². The van der Waals surface area contributed by atoms with Gasteiger partial charge >= 0.3 is 5.91 Å². The van der Waals surface area contributed by atoms with Crippen LogP contribution in [-0.2, 0) is 11.8 Å². The number of aromatic nitrogens is 1. The van der Waals surface area contributed by atoms with Crippen LogP contribution >= 0.6 is 27.3 Å². The summed E-state index contributed by atoms with van der Waals surface area (Å²) in [5.74, 6) is 1.83. The fraction of sp³-hybridized carbons (Fsp3) is 0.143. The van der Waals surface area contributed by atoms with Crippen molar-refractivity contribution in [2.45, 2.75) is 0 Å². The number of hydrogen-bond acceptors (Lipinski definition) is 2. The molecule has 0 aliphatic rings. The number of aryl methyl sites for hydroxylation is 1. The average molecular weight is 245 g/mol. The molecule has 0 aliphatic heterocycles. The van der Waals surface area contributed by atoms with E-state index in [9.17, 15) is 4.79 Å². The Morgan fingerprint density at radius 3 is 3.08 bits per heavy atom. The van der Waals surface area contributed by atoms with Crippen LogP contribution in [0.3, 0.4) is 0 Å². The van der Waals surface area contributed by atoms with E-state index in [4.69, 9.17) is 0 Å². The number of hydrogen-bond donors (Lipinski definition) is 0. The minimum absolute atomic E-state index is 0.440. The first kappa shape index (κ1) is 9.23. The molecular weight excluding hydrogens is 240 g/mol. The molecule has 0 N–H and O–H groups in total. The van der Waals surface area contributed by atoms with Crippen molar-refractivity contribution in [1.82, 2.24) is 4.57 Å². The van der Waals surface area contributed by atoms with Gasteiger partial charge in [0.1, 0.15) is 0 Å². The van der Waals surface area contributed by atoms with Crippen LogP contribution in [0, 0.1) is 10.8 Å². The third kappa shape index (κ3) is 2.32. The van der Waals surface area contributed by atoms with Gasteiger partial charge in [-0.3, -0.25) is 4.79 Å². The van der Waals surface area contributed by atoms with Crippen molar-refractivity contribution < 1.29 is 4.79 Å². The molecule has 0 atom stereocenters. The van der Waals surface area contributed by atoms with Crippen molar-refractivity contribution in [3.8, 4) is 10.8 Å². The Morgan fingerprint density at radius 2 is 2.58 bits per heavy atom. The predicted molar refractivity (Wildman–Crippen MR) is 50.6 cm³/mol. The standard InChI is InChI=1S/C7H5BrN2OS/c1-10-4-5-12-7(10)9-6(11)2-3-8/h4-5H,1H3. The fourth-order valence-electron chi connectivity index (χ4n) is 0.590. The Kier molecular flexibility index (Phi) is 3.26. The number of nitrogens with zero attached hydrogens (tertiary/aromatic N) is 2. The van der Waals surface area contributed by atoms with Crippen LogP contribution in [-0.4, -0.2) is 10.5 Å². The predicted octanol–water partition coefficient (Wildman–Crippen LogP) is 0.870. The van der Waals surface area contributed by atoms with Crippen molar-refractivity contribution in [2.75, 3.05) is 0 Å². The Bertz CT molecular complexity index is 407. The van der Waals surface area contributed by atoms with Crippen molar-refractivity contribution in [3.05, 3.63) is 16.4 Å². The highest BCUT2D eigenvalue weighted by molar-refractivity contribution is 9.12. The minimum atomic E-state index is -0.440. The van der Waals surface area contributed by atoms with Crippen LogP contribution in [0.5, 0.6) is 0 Å². The molecule has 0 radical (unpaired) electrons. The Labute approximate surface area is 81.9 Å². The molecule has 1 aromatic rings. The zero-order valence-electron chi connectivity index (χ0n) is 6.24. The molecule has 0 aromatic carbocycles. The first-order valence-electron chi connectivity index (χ1n) is 3.04. The molecular formula is C7H5BrN2OS. The summed E-state index contributed by atoms with van der Waals surface area (Å²) in [5, 5.41) is 1.85. The topological polar surface area (TPSA) is 34.4 Å². The van der Waals surface area contributed by atoms with E-state index in [0.717, 1.165) is 0 Å². The van der Waals surface area contributed by atoms with Crippen LogP contribution in [0.15, 0.2) is 16.6 Å². The van der Waals surface area contributed by atoms with Gasteiger partial charge in [0.2, 0.25) is 0 Å². The summed E-state index contributed by atoms with van der Waals surface area (Å²) in [5.41, 5.74) is 0. The van der Waals surface area contributed by atoms with Gasteiger partial charge in [0.05, 0.1) is 0 Å². The maximum atomic E-state index is 10.9. The van der Waals surface area contributed by atoms with Gasteiger partial charge in [0.15, 0.2) is 4.80 Å². The Hall–Kier alpha value is -0.860. The monoisotopic (exact) mass is 244 g/mol. The quantitative estimate of drug-likeness (QED) is 0.624. The fourth-order valence-corrected chi connectivity index (χ4v) is 1.49. The van der Waals surface area contributed by atoms with Gasteiger partial charge in [0.25, 0.3) is 0 Å². The molecule has 12 heavy (non-hydrogen) atoms. The van der Waals surface area contributed by atoms with Crippen LogP contribution in [0.2, 0.25) is 0 Å². The second-order valence-electron chi connectivity index (χ2n) is 1.93. The summed E-state index contributed by atoms with van der Waals surface area (Å²) >= 11 is 4.22. The van der Waals surface area contributed by atoms with Gasteiger partial charge in [-0.2, -0.15) is 4.99 Å². The second-order valence-corrected chi connectivity index (χ2v) is 3.20. The van der Waals surface area contributed by atoms with E-state index in [-0.39, 0.29) is 0 Å². The first-order valence-corrected chi connectivity index (χ1v) is 4.72. The highest BCUT2D eigenvalue weighted by Crippen LogP contribution is 1.86. The number of thiazole rings is 1. The van der Waals surface area contributed by atoms with Gasteiger partial charge in [-0.05, 0) is 4.83 Å². The molecule has 0 bridgehead atoms. The van der Waals surface area contributed by atoms with Crippen LogP contribution in [0.25, 0.3) is 0 Å². The minimum Gasteiger partial charge on any atom is -0.327 e. The molecule has 1 amide bonds. The van der Waals surface area contributed by atoms with Crippen molar-refractivity contribution in [3.63, 3.8) is 0 Å². The molecule has 0 aliphatic carbocycles. The molecule has 0 fully saturated rings. The van der Waals surface area contributed by atoms with Gasteiger partial charge in [-0.25, -0.2) is 0 Å². The van der Waals surface area contributed by atoms with Gasteiger partial charge in [-0.15, -0.1) is 11.3 Å². The molecule has 1 heterocycles. The number of amides is 1. The molecule has 1 rings (SSSR count). The van der Waals surface area contributed by atoms with E-state index in [1.165, 1.54) is 11.3 Å².